The Balaban J connectivity index is 3.73. The van der Waals surface area contributed by atoms with Gasteiger partial charge >= 0.3 is 11.9 Å². The van der Waals surface area contributed by atoms with Gasteiger partial charge in [-0.25, -0.2) is 4.39 Å². The molecule has 0 atom stereocenters. The van der Waals surface area contributed by atoms with Crippen molar-refractivity contribution in [3.63, 3.8) is 0 Å². The number of aliphatic carboxylic acids is 2. The van der Waals surface area contributed by atoms with E-state index in [1.165, 1.54) is 0 Å². The Morgan fingerprint density at radius 3 is 1.41 bits per heavy atom. The standard InChI is InChI=1S/C17H31FO4/c1-16(2,14(19)20)11-7-5-9-13(18)10-6-8-12-17(3,4)15(21)22/h13H,5-12H2,1-4H3,(H,19,20)(H,21,22). The minimum absolute atomic E-state index is 0.456. The van der Waals surface area contributed by atoms with Crippen LogP contribution in [0.2, 0.25) is 0 Å². The van der Waals surface area contributed by atoms with E-state index in [1.807, 2.05) is 0 Å². The molecule has 0 radical (unpaired) electrons. The van der Waals surface area contributed by atoms with Crippen molar-refractivity contribution < 1.29 is 24.2 Å². The summed E-state index contributed by atoms with van der Waals surface area (Å²) in [6.07, 6.45) is 3.97. The molecule has 22 heavy (non-hydrogen) atoms. The molecule has 2 N–H and O–H groups in total. The fourth-order valence-electron chi connectivity index (χ4n) is 2.22. The third kappa shape index (κ3) is 8.35. The van der Waals surface area contributed by atoms with Crippen LogP contribution in [0.4, 0.5) is 4.39 Å². The van der Waals surface area contributed by atoms with E-state index in [0.29, 0.717) is 51.4 Å². The first-order chi connectivity index (χ1) is 9.99. The Hall–Kier alpha value is -1.13. The number of alkyl halides is 1. The van der Waals surface area contributed by atoms with Crippen molar-refractivity contribution in [3.05, 3.63) is 0 Å². The van der Waals surface area contributed by atoms with Crippen molar-refractivity contribution in [1.29, 1.82) is 0 Å². The first-order valence-electron chi connectivity index (χ1n) is 8.10. The van der Waals surface area contributed by atoms with Gasteiger partial charge in [0.15, 0.2) is 0 Å². The predicted molar refractivity (Wildman–Crippen MR) is 84.7 cm³/mol. The molecule has 0 aliphatic rings. The van der Waals surface area contributed by atoms with Crippen LogP contribution in [-0.4, -0.2) is 28.3 Å². The largest absolute Gasteiger partial charge is 0.481 e. The highest BCUT2D eigenvalue weighted by molar-refractivity contribution is 5.73. The molecule has 0 spiro atoms. The second-order valence-electron chi connectivity index (χ2n) is 7.47. The van der Waals surface area contributed by atoms with Gasteiger partial charge in [0.05, 0.1) is 10.8 Å². The lowest BCUT2D eigenvalue weighted by Gasteiger charge is -2.19. The first kappa shape index (κ1) is 20.9. The maximum absolute atomic E-state index is 13.7. The Morgan fingerprint density at radius 2 is 1.14 bits per heavy atom. The van der Waals surface area contributed by atoms with Crippen molar-refractivity contribution in [2.75, 3.05) is 0 Å². The molecule has 5 heteroatoms. The molecule has 4 nitrogen and oxygen atoms in total. The lowest BCUT2D eigenvalue weighted by atomic mass is 9.86. The molecule has 0 unspecified atom stereocenters. The molecule has 0 aliphatic heterocycles. The number of hydrogen-bond donors (Lipinski definition) is 2. The van der Waals surface area contributed by atoms with Gasteiger partial charge < -0.3 is 10.2 Å². The van der Waals surface area contributed by atoms with Gasteiger partial charge in [0.2, 0.25) is 0 Å². The first-order valence-corrected chi connectivity index (χ1v) is 8.10. The maximum atomic E-state index is 13.7. The summed E-state index contributed by atoms with van der Waals surface area (Å²) in [5.41, 5.74) is -1.48. The van der Waals surface area contributed by atoms with E-state index in [2.05, 4.69) is 0 Å². The Kier molecular flexibility index (Phi) is 8.64. The van der Waals surface area contributed by atoms with E-state index in [-0.39, 0.29) is 0 Å². The zero-order chi connectivity index (χ0) is 17.4. The third-order valence-electron chi connectivity index (χ3n) is 4.30. The molecular weight excluding hydrogens is 287 g/mol. The third-order valence-corrected chi connectivity index (χ3v) is 4.30. The van der Waals surface area contributed by atoms with E-state index < -0.39 is 28.9 Å². The van der Waals surface area contributed by atoms with Crippen molar-refractivity contribution >= 4 is 11.9 Å². The number of carbonyl (C=O) groups is 2. The molecule has 0 bridgehead atoms. The summed E-state index contributed by atoms with van der Waals surface area (Å²) in [6.45, 7) is 6.75. The van der Waals surface area contributed by atoms with E-state index in [9.17, 15) is 14.0 Å². The number of carboxylic acids is 2. The van der Waals surface area contributed by atoms with Crippen molar-refractivity contribution in [3.8, 4) is 0 Å². The number of hydrogen-bond acceptors (Lipinski definition) is 2. The molecule has 0 fully saturated rings. The van der Waals surface area contributed by atoms with Gasteiger partial charge in [-0.15, -0.1) is 0 Å². The summed E-state index contributed by atoms with van der Waals surface area (Å²) in [4.78, 5) is 21.9. The molecule has 0 saturated heterocycles. The Bertz CT molecular complexity index is 330. The lowest BCUT2D eigenvalue weighted by Crippen LogP contribution is -2.23. The molecule has 0 aromatic rings. The average molecular weight is 318 g/mol. The second-order valence-corrected chi connectivity index (χ2v) is 7.47. The fraction of sp³-hybridized carbons (Fsp3) is 0.882. The zero-order valence-electron chi connectivity index (χ0n) is 14.3. The summed E-state index contributed by atoms with van der Waals surface area (Å²) in [6, 6.07) is 0. The number of unbranched alkanes of at least 4 members (excludes halogenated alkanes) is 2. The highest BCUT2D eigenvalue weighted by atomic mass is 19.1. The summed E-state index contributed by atoms with van der Waals surface area (Å²) < 4.78 is 13.7. The van der Waals surface area contributed by atoms with Crippen LogP contribution in [0, 0.1) is 10.8 Å². The van der Waals surface area contributed by atoms with Gasteiger partial charge in [0.1, 0.15) is 6.17 Å². The predicted octanol–water partition coefficient (Wildman–Crippen LogP) is 4.67. The average Bonchev–Trinajstić information content (AvgIpc) is 2.39. The number of rotatable bonds is 12. The molecular formula is C17H31FO4. The minimum atomic E-state index is -0.874. The van der Waals surface area contributed by atoms with E-state index in [0.717, 1.165) is 0 Å². The maximum Gasteiger partial charge on any atom is 0.309 e. The van der Waals surface area contributed by atoms with Gasteiger partial charge in [-0.2, -0.15) is 0 Å². The molecule has 0 aromatic carbocycles. The van der Waals surface area contributed by atoms with Crippen LogP contribution < -0.4 is 0 Å². The van der Waals surface area contributed by atoms with Crippen LogP contribution in [0.3, 0.4) is 0 Å². The zero-order valence-corrected chi connectivity index (χ0v) is 14.3. The lowest BCUT2D eigenvalue weighted by molar-refractivity contribution is -0.148. The van der Waals surface area contributed by atoms with Gasteiger partial charge in [-0.3, -0.25) is 9.59 Å². The number of carboxylic acid groups (broad SMARTS) is 2. The monoisotopic (exact) mass is 318 g/mol. The number of halogens is 1. The van der Waals surface area contributed by atoms with Crippen LogP contribution in [0.25, 0.3) is 0 Å². The van der Waals surface area contributed by atoms with Crippen LogP contribution in [0.15, 0.2) is 0 Å². The van der Waals surface area contributed by atoms with Gasteiger partial charge in [0.25, 0.3) is 0 Å². The highest BCUT2D eigenvalue weighted by Crippen LogP contribution is 2.26. The van der Waals surface area contributed by atoms with Crippen molar-refractivity contribution in [2.45, 2.75) is 85.2 Å². The SMILES string of the molecule is CC(C)(CCCCC(F)CCCCC(C)(C)C(=O)O)C(=O)O. The molecule has 0 amide bonds. The molecule has 0 rings (SSSR count). The Morgan fingerprint density at radius 1 is 0.818 bits per heavy atom. The topological polar surface area (TPSA) is 74.6 Å². The van der Waals surface area contributed by atoms with E-state index in [4.69, 9.17) is 10.2 Å². The molecule has 130 valence electrons. The fourth-order valence-corrected chi connectivity index (χ4v) is 2.22. The summed E-state index contributed by atoms with van der Waals surface area (Å²) >= 11 is 0. The normalized spacial score (nSPS) is 12.6. The summed E-state index contributed by atoms with van der Waals surface area (Å²) in [5, 5.41) is 18.0. The van der Waals surface area contributed by atoms with E-state index >= 15 is 0 Å². The molecule has 0 aliphatic carbocycles. The molecule has 0 aromatic heterocycles. The van der Waals surface area contributed by atoms with Gasteiger partial charge in [-0.05, 0) is 53.4 Å². The van der Waals surface area contributed by atoms with Crippen molar-refractivity contribution in [1.82, 2.24) is 0 Å². The van der Waals surface area contributed by atoms with Crippen LogP contribution in [-0.2, 0) is 9.59 Å². The van der Waals surface area contributed by atoms with Crippen LogP contribution in [0.5, 0.6) is 0 Å². The van der Waals surface area contributed by atoms with E-state index in [1.54, 1.807) is 27.7 Å². The summed E-state index contributed by atoms with van der Waals surface area (Å²) in [5.74, 6) is -1.63. The second kappa shape index (κ2) is 9.11. The van der Waals surface area contributed by atoms with Crippen LogP contribution in [0.1, 0.15) is 79.1 Å². The molecule has 0 heterocycles. The molecule has 0 saturated carbocycles. The van der Waals surface area contributed by atoms with Crippen LogP contribution >= 0.6 is 0 Å². The van der Waals surface area contributed by atoms with Crippen molar-refractivity contribution in [2.24, 2.45) is 10.8 Å². The minimum Gasteiger partial charge on any atom is -0.481 e. The summed E-state index contributed by atoms with van der Waals surface area (Å²) in [7, 11) is 0. The highest BCUT2D eigenvalue weighted by Gasteiger charge is 2.27. The smallest absolute Gasteiger partial charge is 0.309 e. The van der Waals surface area contributed by atoms with Gasteiger partial charge in [-0.1, -0.05) is 25.7 Å². The Labute approximate surface area is 133 Å². The van der Waals surface area contributed by atoms with Gasteiger partial charge in [0, 0.05) is 0 Å². The quantitative estimate of drug-likeness (QED) is 0.513.